The molecule has 0 aromatic heterocycles. The third-order valence-corrected chi connectivity index (χ3v) is 6.41. The number of amides is 2. The topological polar surface area (TPSA) is 52.7 Å². The van der Waals surface area contributed by atoms with Crippen LogP contribution in [0.15, 0.2) is 72.4 Å². The summed E-state index contributed by atoms with van der Waals surface area (Å²) < 4.78 is 13.9. The number of nitrogens with one attached hydrogen (secondary N) is 1. The Morgan fingerprint density at radius 1 is 0.824 bits per heavy atom. The number of rotatable bonds is 5. The van der Waals surface area contributed by atoms with Crippen LogP contribution in [-0.4, -0.2) is 24.9 Å². The fraction of sp³-hybridized carbons (Fsp3) is 0.214. The molecule has 2 aliphatic heterocycles. The summed E-state index contributed by atoms with van der Waals surface area (Å²) in [5, 5.41) is 3.20. The molecule has 0 saturated carbocycles. The van der Waals surface area contributed by atoms with Gasteiger partial charge in [0, 0.05) is 24.5 Å². The molecule has 172 valence electrons. The number of hydrogen-bond acceptors (Lipinski definition) is 4. The lowest BCUT2D eigenvalue weighted by molar-refractivity contribution is -0.120. The van der Waals surface area contributed by atoms with Crippen molar-refractivity contribution in [1.29, 1.82) is 0 Å². The first-order valence-corrected chi connectivity index (χ1v) is 11.5. The van der Waals surface area contributed by atoms with Gasteiger partial charge in [-0.25, -0.2) is 9.29 Å². The third kappa shape index (κ3) is 3.96. The lowest BCUT2D eigenvalue weighted by atomic mass is 9.97. The van der Waals surface area contributed by atoms with E-state index in [0.717, 1.165) is 34.8 Å². The van der Waals surface area contributed by atoms with E-state index in [0.29, 0.717) is 11.3 Å². The van der Waals surface area contributed by atoms with Crippen molar-refractivity contribution < 1.29 is 14.0 Å². The lowest BCUT2D eigenvalue weighted by Gasteiger charge is -2.18. The molecule has 2 heterocycles. The summed E-state index contributed by atoms with van der Waals surface area (Å²) in [6.45, 7) is 5.99. The number of nitrogens with zero attached hydrogens (tertiary/aromatic N) is 2. The highest BCUT2D eigenvalue weighted by Crippen LogP contribution is 2.35. The first-order chi connectivity index (χ1) is 16.4. The first-order valence-electron chi connectivity index (χ1n) is 11.5. The Kier molecular flexibility index (Phi) is 5.65. The molecule has 1 fully saturated rings. The van der Waals surface area contributed by atoms with Gasteiger partial charge in [-0.2, -0.15) is 0 Å². The molecule has 5 rings (SSSR count). The molecule has 0 bridgehead atoms. The second kappa shape index (κ2) is 8.78. The van der Waals surface area contributed by atoms with Crippen molar-refractivity contribution in [3.8, 4) is 0 Å². The molecule has 34 heavy (non-hydrogen) atoms. The van der Waals surface area contributed by atoms with E-state index in [1.807, 2.05) is 56.3 Å². The molecule has 6 heteroatoms. The maximum absolute atomic E-state index is 13.9. The van der Waals surface area contributed by atoms with Gasteiger partial charge in [-0.3, -0.25) is 9.59 Å². The van der Waals surface area contributed by atoms with E-state index in [2.05, 4.69) is 10.2 Å². The van der Waals surface area contributed by atoms with E-state index in [1.165, 1.54) is 31.0 Å². The summed E-state index contributed by atoms with van der Waals surface area (Å²) in [5.41, 5.74) is 5.17. The van der Waals surface area contributed by atoms with E-state index in [-0.39, 0.29) is 17.0 Å². The highest BCUT2D eigenvalue weighted by molar-refractivity contribution is 6.46. The number of imide groups is 1. The summed E-state index contributed by atoms with van der Waals surface area (Å²) in [6.07, 6.45) is 2.39. The van der Waals surface area contributed by atoms with Gasteiger partial charge in [0.2, 0.25) is 0 Å². The Balaban J connectivity index is 1.55. The van der Waals surface area contributed by atoms with E-state index in [4.69, 9.17) is 0 Å². The second-order valence-electron chi connectivity index (χ2n) is 8.86. The Morgan fingerprint density at radius 2 is 1.56 bits per heavy atom. The molecule has 2 aliphatic rings. The van der Waals surface area contributed by atoms with Crippen LogP contribution in [0.2, 0.25) is 0 Å². The molecule has 3 aromatic rings. The Hall–Kier alpha value is -3.93. The number of aryl methyl sites for hydroxylation is 2. The van der Waals surface area contributed by atoms with Crippen molar-refractivity contribution in [3.63, 3.8) is 0 Å². The maximum Gasteiger partial charge on any atom is 0.282 e. The zero-order chi connectivity index (χ0) is 23.8. The standard InChI is InChI=1S/C28H26FN3O2/c1-18-8-13-24(19(2)16-18)25-26(28(34)32(27(25)33)23-7-5-6-20(29)17-23)30-21-9-11-22(12-10-21)31-14-3-4-15-31/h5-13,16-17,30H,3-4,14-15H2,1-2H3. The number of hydrogen-bond donors (Lipinski definition) is 1. The average Bonchev–Trinajstić information content (AvgIpc) is 3.42. The first kappa shape index (κ1) is 21.9. The second-order valence-corrected chi connectivity index (χ2v) is 8.86. The minimum atomic E-state index is -0.509. The molecule has 1 N–H and O–H groups in total. The molecular formula is C28H26FN3O2. The van der Waals surface area contributed by atoms with Gasteiger partial charge in [0.1, 0.15) is 11.5 Å². The van der Waals surface area contributed by atoms with Crippen molar-refractivity contribution in [3.05, 3.63) is 94.9 Å². The number of anilines is 3. The van der Waals surface area contributed by atoms with Crippen molar-refractivity contribution in [1.82, 2.24) is 0 Å². The van der Waals surface area contributed by atoms with Gasteiger partial charge in [0.25, 0.3) is 11.8 Å². The molecule has 2 amide bonds. The lowest BCUT2D eigenvalue weighted by Crippen LogP contribution is -2.32. The minimum absolute atomic E-state index is 0.190. The van der Waals surface area contributed by atoms with Crippen LogP contribution in [0.4, 0.5) is 21.5 Å². The van der Waals surface area contributed by atoms with Gasteiger partial charge in [-0.1, -0.05) is 29.8 Å². The van der Waals surface area contributed by atoms with Crippen LogP contribution in [0.5, 0.6) is 0 Å². The normalized spacial score (nSPS) is 16.1. The molecule has 0 radical (unpaired) electrons. The Bertz CT molecular complexity index is 1310. The van der Waals surface area contributed by atoms with Gasteiger partial charge in [-0.15, -0.1) is 0 Å². The van der Waals surface area contributed by atoms with E-state index >= 15 is 0 Å². The van der Waals surface area contributed by atoms with Crippen LogP contribution < -0.4 is 15.1 Å². The monoisotopic (exact) mass is 455 g/mol. The molecule has 1 saturated heterocycles. The molecule has 0 spiro atoms. The highest BCUT2D eigenvalue weighted by Gasteiger charge is 2.40. The summed E-state index contributed by atoms with van der Waals surface area (Å²) in [6, 6.07) is 19.2. The number of halogens is 1. The molecule has 5 nitrogen and oxygen atoms in total. The maximum atomic E-state index is 13.9. The van der Waals surface area contributed by atoms with Crippen LogP contribution >= 0.6 is 0 Å². The number of benzene rings is 3. The highest BCUT2D eigenvalue weighted by atomic mass is 19.1. The van der Waals surface area contributed by atoms with Crippen LogP contribution in [-0.2, 0) is 9.59 Å². The van der Waals surface area contributed by atoms with Crippen molar-refractivity contribution in [2.75, 3.05) is 28.2 Å². The predicted molar refractivity (Wildman–Crippen MR) is 133 cm³/mol. The van der Waals surface area contributed by atoms with Crippen LogP contribution in [0.25, 0.3) is 5.57 Å². The van der Waals surface area contributed by atoms with Gasteiger partial charge in [0.15, 0.2) is 0 Å². The summed E-state index contributed by atoms with van der Waals surface area (Å²) >= 11 is 0. The molecule has 0 atom stereocenters. The molecule has 0 unspecified atom stereocenters. The number of carbonyl (C=O) groups is 2. The van der Waals surface area contributed by atoms with Gasteiger partial charge < -0.3 is 10.2 Å². The Morgan fingerprint density at radius 3 is 2.24 bits per heavy atom. The summed E-state index contributed by atoms with van der Waals surface area (Å²) in [4.78, 5) is 30.5. The van der Waals surface area contributed by atoms with Crippen LogP contribution in [0, 0.1) is 19.7 Å². The smallest absolute Gasteiger partial charge is 0.282 e. The average molecular weight is 456 g/mol. The fourth-order valence-corrected chi connectivity index (χ4v) is 4.71. The summed E-state index contributed by atoms with van der Waals surface area (Å²) in [7, 11) is 0. The van der Waals surface area contributed by atoms with E-state index in [1.54, 1.807) is 6.07 Å². The SMILES string of the molecule is Cc1ccc(C2=C(Nc3ccc(N4CCCC4)cc3)C(=O)N(c3cccc(F)c3)C2=O)c(C)c1. The Labute approximate surface area is 198 Å². The van der Waals surface area contributed by atoms with Gasteiger partial charge >= 0.3 is 0 Å². The quantitative estimate of drug-likeness (QED) is 0.521. The third-order valence-electron chi connectivity index (χ3n) is 6.41. The largest absolute Gasteiger partial charge is 0.372 e. The van der Waals surface area contributed by atoms with Crippen LogP contribution in [0.3, 0.4) is 0 Å². The van der Waals surface area contributed by atoms with Gasteiger partial charge in [-0.05, 0) is 80.3 Å². The molecular weight excluding hydrogens is 429 g/mol. The van der Waals surface area contributed by atoms with E-state index < -0.39 is 17.6 Å². The predicted octanol–water partition coefficient (Wildman–Crippen LogP) is 5.44. The van der Waals surface area contributed by atoms with Crippen molar-refractivity contribution in [2.45, 2.75) is 26.7 Å². The minimum Gasteiger partial charge on any atom is -0.372 e. The van der Waals surface area contributed by atoms with E-state index in [9.17, 15) is 14.0 Å². The zero-order valence-electron chi connectivity index (χ0n) is 19.3. The number of carbonyl (C=O) groups excluding carboxylic acids is 2. The van der Waals surface area contributed by atoms with Crippen molar-refractivity contribution >= 4 is 34.4 Å². The van der Waals surface area contributed by atoms with Gasteiger partial charge in [0.05, 0.1) is 11.3 Å². The zero-order valence-corrected chi connectivity index (χ0v) is 19.3. The van der Waals surface area contributed by atoms with Crippen LogP contribution in [0.1, 0.15) is 29.5 Å². The fourth-order valence-electron chi connectivity index (χ4n) is 4.71. The molecule has 0 aliphatic carbocycles. The summed E-state index contributed by atoms with van der Waals surface area (Å²) in [5.74, 6) is -1.49. The molecule has 3 aromatic carbocycles. The van der Waals surface area contributed by atoms with Crippen molar-refractivity contribution in [2.24, 2.45) is 0 Å².